The van der Waals surface area contributed by atoms with Gasteiger partial charge < -0.3 is 15.5 Å². The fourth-order valence-electron chi connectivity index (χ4n) is 3.51. The van der Waals surface area contributed by atoms with Crippen LogP contribution in [0.4, 0.5) is 0 Å². The Morgan fingerprint density at radius 1 is 1.18 bits per heavy atom. The summed E-state index contributed by atoms with van der Waals surface area (Å²) < 4.78 is 0. The van der Waals surface area contributed by atoms with Crippen molar-refractivity contribution in [2.24, 2.45) is 15.8 Å². The van der Waals surface area contributed by atoms with Crippen LogP contribution in [0.25, 0.3) is 0 Å². The molecule has 2 fully saturated rings. The molecule has 0 aromatic carbocycles. The Morgan fingerprint density at radius 3 is 2.32 bits per heavy atom. The second kappa shape index (κ2) is 6.09. The molecule has 0 bridgehead atoms. The van der Waals surface area contributed by atoms with E-state index in [1.165, 1.54) is 0 Å². The van der Waals surface area contributed by atoms with Gasteiger partial charge in [-0.25, -0.2) is 0 Å². The third kappa shape index (κ3) is 3.08. The van der Waals surface area contributed by atoms with Gasteiger partial charge in [0.05, 0.1) is 0 Å². The number of nitrogens with one attached hydrogen (secondary N) is 2. The first-order valence-electron chi connectivity index (χ1n) is 8.59. The fraction of sp³-hybridized carbons (Fsp3) is 0.882. The van der Waals surface area contributed by atoms with E-state index in [4.69, 9.17) is 0 Å². The highest BCUT2D eigenvalue weighted by atomic mass is 16.2. The summed E-state index contributed by atoms with van der Waals surface area (Å²) in [6.45, 7) is 15.6. The van der Waals surface area contributed by atoms with Gasteiger partial charge in [-0.2, -0.15) is 0 Å². The standard InChI is InChI=1S/C17H32N4O/c1-7-13(22)21-10-9-12(11-21)19-15(18-8-2)20-14-16(3,4)17(14,5)6/h12,14H,7-11H2,1-6H3,(H2,18,19,20). The quantitative estimate of drug-likeness (QED) is 0.617. The van der Waals surface area contributed by atoms with Crippen molar-refractivity contribution in [3.05, 3.63) is 0 Å². The summed E-state index contributed by atoms with van der Waals surface area (Å²) >= 11 is 0. The number of hydrogen-bond donors (Lipinski definition) is 2. The van der Waals surface area contributed by atoms with Gasteiger partial charge in [-0.1, -0.05) is 34.6 Å². The van der Waals surface area contributed by atoms with Crippen LogP contribution in [0.3, 0.4) is 0 Å². The molecule has 0 spiro atoms. The summed E-state index contributed by atoms with van der Waals surface area (Å²) in [7, 11) is 0. The van der Waals surface area contributed by atoms with Gasteiger partial charge in [0, 0.05) is 38.1 Å². The number of aliphatic imine (C=N–C) groups is 1. The van der Waals surface area contributed by atoms with Gasteiger partial charge in [0.15, 0.2) is 5.96 Å². The zero-order valence-corrected chi connectivity index (χ0v) is 15.0. The molecule has 5 heteroatoms. The number of guanidine groups is 1. The number of amides is 1. The van der Waals surface area contributed by atoms with Gasteiger partial charge in [-0.15, -0.1) is 0 Å². The van der Waals surface area contributed by atoms with E-state index < -0.39 is 0 Å². The normalized spacial score (nSPS) is 26.9. The third-order valence-corrected chi connectivity index (χ3v) is 5.80. The van der Waals surface area contributed by atoms with Crippen LogP contribution in [-0.4, -0.2) is 48.5 Å². The van der Waals surface area contributed by atoms with E-state index in [2.05, 4.69) is 43.3 Å². The summed E-state index contributed by atoms with van der Waals surface area (Å²) in [6, 6.07) is 0.742. The molecule has 2 rings (SSSR count). The van der Waals surface area contributed by atoms with Crippen molar-refractivity contribution in [1.29, 1.82) is 0 Å². The average Bonchev–Trinajstić information content (AvgIpc) is 2.82. The SMILES string of the molecule is CCN=C(NC1CCN(C(=O)CC)C1)NC1C(C)(C)C1(C)C. The lowest BCUT2D eigenvalue weighted by molar-refractivity contribution is -0.129. The maximum atomic E-state index is 11.8. The zero-order chi connectivity index (χ0) is 16.5. The molecular formula is C17H32N4O. The van der Waals surface area contributed by atoms with Gasteiger partial charge in [0.2, 0.25) is 5.91 Å². The van der Waals surface area contributed by atoms with Crippen LogP contribution in [0, 0.1) is 10.8 Å². The van der Waals surface area contributed by atoms with Gasteiger partial charge in [0.1, 0.15) is 0 Å². The summed E-state index contributed by atoms with van der Waals surface area (Å²) in [5.41, 5.74) is 0.562. The highest BCUT2D eigenvalue weighted by Crippen LogP contribution is 2.62. The third-order valence-electron chi connectivity index (χ3n) is 5.80. The summed E-state index contributed by atoms with van der Waals surface area (Å²) in [5.74, 6) is 1.14. The molecule has 1 aliphatic heterocycles. The van der Waals surface area contributed by atoms with Crippen LogP contribution in [0.2, 0.25) is 0 Å². The molecule has 1 saturated carbocycles. The molecule has 2 aliphatic rings. The predicted molar refractivity (Wildman–Crippen MR) is 90.9 cm³/mol. The lowest BCUT2D eigenvalue weighted by Gasteiger charge is -2.19. The molecule has 2 N–H and O–H groups in total. The Morgan fingerprint density at radius 2 is 1.82 bits per heavy atom. The van der Waals surface area contributed by atoms with Crippen LogP contribution >= 0.6 is 0 Å². The lowest BCUT2D eigenvalue weighted by Crippen LogP contribution is -2.47. The van der Waals surface area contributed by atoms with Crippen molar-refractivity contribution in [1.82, 2.24) is 15.5 Å². The Hall–Kier alpha value is -1.26. The van der Waals surface area contributed by atoms with E-state index in [1.807, 2.05) is 18.7 Å². The number of carbonyl (C=O) groups excluding carboxylic acids is 1. The number of carbonyl (C=O) groups is 1. The molecule has 1 amide bonds. The highest BCUT2D eigenvalue weighted by Gasteiger charge is 2.65. The largest absolute Gasteiger partial charge is 0.353 e. The van der Waals surface area contributed by atoms with Crippen LogP contribution in [-0.2, 0) is 4.79 Å². The average molecular weight is 308 g/mol. The van der Waals surface area contributed by atoms with Crippen LogP contribution in [0.15, 0.2) is 4.99 Å². The van der Waals surface area contributed by atoms with Crippen molar-refractivity contribution >= 4 is 11.9 Å². The first kappa shape index (κ1) is 17.1. The van der Waals surface area contributed by atoms with Crippen LogP contribution < -0.4 is 10.6 Å². The molecule has 22 heavy (non-hydrogen) atoms. The lowest BCUT2D eigenvalue weighted by atomic mass is 10.0. The van der Waals surface area contributed by atoms with Crippen LogP contribution in [0.1, 0.15) is 54.4 Å². The second-order valence-electron chi connectivity index (χ2n) is 7.67. The number of hydrogen-bond acceptors (Lipinski definition) is 2. The maximum absolute atomic E-state index is 11.8. The Labute approximate surface area is 134 Å². The second-order valence-corrected chi connectivity index (χ2v) is 7.67. The summed E-state index contributed by atoms with van der Waals surface area (Å²) in [6.07, 6.45) is 1.58. The molecule has 1 heterocycles. The minimum Gasteiger partial charge on any atom is -0.353 e. The number of nitrogens with zero attached hydrogens (tertiary/aromatic N) is 2. The summed E-state index contributed by atoms with van der Waals surface area (Å²) in [4.78, 5) is 18.3. The maximum Gasteiger partial charge on any atom is 0.222 e. The van der Waals surface area contributed by atoms with Gasteiger partial charge in [-0.3, -0.25) is 9.79 Å². The Balaban J connectivity index is 1.92. The van der Waals surface area contributed by atoms with E-state index in [0.717, 1.165) is 32.0 Å². The molecule has 0 aromatic rings. The minimum atomic E-state index is 0.246. The van der Waals surface area contributed by atoms with Crippen molar-refractivity contribution in [2.45, 2.75) is 66.5 Å². The predicted octanol–water partition coefficient (Wildman–Crippen LogP) is 1.99. The molecule has 1 aliphatic carbocycles. The highest BCUT2D eigenvalue weighted by molar-refractivity contribution is 5.81. The molecule has 1 atom stereocenters. The van der Waals surface area contributed by atoms with Crippen molar-refractivity contribution in [2.75, 3.05) is 19.6 Å². The summed E-state index contributed by atoms with van der Waals surface area (Å²) in [5, 5.41) is 7.11. The molecular weight excluding hydrogens is 276 g/mol. The molecule has 5 nitrogen and oxygen atoms in total. The molecule has 0 radical (unpaired) electrons. The Bertz CT molecular complexity index is 442. The fourth-order valence-corrected chi connectivity index (χ4v) is 3.51. The monoisotopic (exact) mass is 308 g/mol. The molecule has 126 valence electrons. The van der Waals surface area contributed by atoms with Crippen LogP contribution in [0.5, 0.6) is 0 Å². The van der Waals surface area contributed by atoms with Gasteiger partial charge >= 0.3 is 0 Å². The first-order chi connectivity index (χ1) is 10.2. The Kier molecular flexibility index (Phi) is 4.73. The topological polar surface area (TPSA) is 56.7 Å². The smallest absolute Gasteiger partial charge is 0.222 e. The van der Waals surface area contributed by atoms with Crippen molar-refractivity contribution < 1.29 is 4.79 Å². The minimum absolute atomic E-state index is 0.246. The van der Waals surface area contributed by atoms with E-state index in [0.29, 0.717) is 18.5 Å². The van der Waals surface area contributed by atoms with Gasteiger partial charge in [0.25, 0.3) is 0 Å². The van der Waals surface area contributed by atoms with Crippen molar-refractivity contribution in [3.8, 4) is 0 Å². The molecule has 0 aromatic heterocycles. The molecule has 1 saturated heterocycles. The molecule has 1 unspecified atom stereocenters. The zero-order valence-electron chi connectivity index (χ0n) is 15.0. The number of likely N-dealkylation sites (tertiary alicyclic amines) is 1. The number of rotatable bonds is 4. The van der Waals surface area contributed by atoms with E-state index in [-0.39, 0.29) is 16.7 Å². The van der Waals surface area contributed by atoms with E-state index >= 15 is 0 Å². The van der Waals surface area contributed by atoms with E-state index in [1.54, 1.807) is 0 Å². The van der Waals surface area contributed by atoms with Crippen molar-refractivity contribution in [3.63, 3.8) is 0 Å². The first-order valence-corrected chi connectivity index (χ1v) is 8.59. The van der Waals surface area contributed by atoms with Gasteiger partial charge in [-0.05, 0) is 24.2 Å². The van der Waals surface area contributed by atoms with E-state index in [9.17, 15) is 4.79 Å².